The van der Waals surface area contributed by atoms with E-state index in [9.17, 15) is 18.0 Å². The Morgan fingerprint density at radius 2 is 1.92 bits per heavy atom. The summed E-state index contributed by atoms with van der Waals surface area (Å²) in [5.41, 5.74) is -0.398. The highest BCUT2D eigenvalue weighted by Crippen LogP contribution is 2.32. The minimum atomic E-state index is -4.44. The minimum absolute atomic E-state index is 0.318. The van der Waals surface area contributed by atoms with Gasteiger partial charge in [-0.2, -0.15) is 13.2 Å². The number of thioether (sulfide) groups is 1. The van der Waals surface area contributed by atoms with Crippen molar-refractivity contribution >= 4 is 23.4 Å². The molecule has 1 N–H and O–H groups in total. The first-order valence-corrected chi connectivity index (χ1v) is 8.35. The first-order chi connectivity index (χ1) is 12.2. The van der Waals surface area contributed by atoms with Gasteiger partial charge in [-0.3, -0.25) is 4.79 Å². The average molecular weight is 386 g/mol. The van der Waals surface area contributed by atoms with Gasteiger partial charge in [0, 0.05) is 12.3 Å². The van der Waals surface area contributed by atoms with Crippen LogP contribution >= 0.6 is 11.8 Å². The van der Waals surface area contributed by atoms with Crippen molar-refractivity contribution in [3.05, 3.63) is 42.1 Å². The Hall–Kier alpha value is -2.42. The van der Waals surface area contributed by atoms with E-state index in [1.807, 2.05) is 0 Å². The molecule has 0 radical (unpaired) electrons. The van der Waals surface area contributed by atoms with Crippen LogP contribution in [0.1, 0.15) is 12.5 Å². The number of pyridine rings is 1. The standard InChI is InChI=1S/C17H17F3N2O3S/c1-10(26-15-7-4-11(9-21-15)17(18,19)20)16(23)22-13-8-12(24-2)5-6-14(13)25-3/h4-10H,1-3H3,(H,22,23). The number of anilines is 1. The maximum absolute atomic E-state index is 12.6. The first kappa shape index (κ1) is 19.9. The van der Waals surface area contributed by atoms with E-state index in [4.69, 9.17) is 9.47 Å². The Morgan fingerprint density at radius 3 is 2.46 bits per heavy atom. The van der Waals surface area contributed by atoms with Gasteiger partial charge in [-0.25, -0.2) is 4.98 Å². The zero-order valence-electron chi connectivity index (χ0n) is 14.3. The van der Waals surface area contributed by atoms with Crippen LogP contribution in [-0.2, 0) is 11.0 Å². The van der Waals surface area contributed by atoms with Gasteiger partial charge in [0.15, 0.2) is 0 Å². The molecule has 1 aromatic carbocycles. The van der Waals surface area contributed by atoms with Crippen molar-refractivity contribution in [2.75, 3.05) is 19.5 Å². The summed E-state index contributed by atoms with van der Waals surface area (Å²) in [6, 6.07) is 7.14. The molecule has 1 unspecified atom stereocenters. The number of carbonyl (C=O) groups excluding carboxylic acids is 1. The molecule has 2 rings (SSSR count). The van der Waals surface area contributed by atoms with Crippen LogP contribution in [0.2, 0.25) is 0 Å². The maximum Gasteiger partial charge on any atom is 0.417 e. The molecule has 0 aliphatic heterocycles. The van der Waals surface area contributed by atoms with E-state index in [1.165, 1.54) is 20.3 Å². The summed E-state index contributed by atoms with van der Waals surface area (Å²) < 4.78 is 48.0. The van der Waals surface area contributed by atoms with Gasteiger partial charge in [-0.1, -0.05) is 11.8 Å². The molecule has 1 heterocycles. The van der Waals surface area contributed by atoms with Crippen molar-refractivity contribution in [1.82, 2.24) is 4.98 Å². The van der Waals surface area contributed by atoms with Crippen molar-refractivity contribution in [3.63, 3.8) is 0 Å². The average Bonchev–Trinajstić information content (AvgIpc) is 2.61. The Kier molecular flexibility index (Phi) is 6.36. The Balaban J connectivity index is 2.06. The molecule has 26 heavy (non-hydrogen) atoms. The van der Waals surface area contributed by atoms with Crippen LogP contribution in [0.25, 0.3) is 0 Å². The number of amides is 1. The van der Waals surface area contributed by atoms with Crippen LogP contribution in [0.5, 0.6) is 11.5 Å². The van der Waals surface area contributed by atoms with Gasteiger partial charge in [0.1, 0.15) is 11.5 Å². The number of hydrogen-bond donors (Lipinski definition) is 1. The summed E-state index contributed by atoms with van der Waals surface area (Å²) in [4.78, 5) is 16.1. The molecule has 2 aromatic rings. The smallest absolute Gasteiger partial charge is 0.417 e. The number of halogens is 3. The summed E-state index contributed by atoms with van der Waals surface area (Å²) >= 11 is 1.05. The molecule has 1 atom stereocenters. The number of benzene rings is 1. The predicted molar refractivity (Wildman–Crippen MR) is 92.7 cm³/mol. The van der Waals surface area contributed by atoms with Crippen molar-refractivity contribution in [3.8, 4) is 11.5 Å². The van der Waals surface area contributed by atoms with Crippen LogP contribution in [0, 0.1) is 0 Å². The maximum atomic E-state index is 12.6. The molecule has 140 valence electrons. The second-order valence-corrected chi connectivity index (χ2v) is 6.56. The highest BCUT2D eigenvalue weighted by molar-refractivity contribution is 8.00. The number of carbonyl (C=O) groups is 1. The lowest BCUT2D eigenvalue weighted by Gasteiger charge is -2.15. The minimum Gasteiger partial charge on any atom is -0.497 e. The first-order valence-electron chi connectivity index (χ1n) is 7.47. The highest BCUT2D eigenvalue weighted by Gasteiger charge is 2.30. The molecule has 1 amide bonds. The van der Waals surface area contributed by atoms with Crippen LogP contribution < -0.4 is 14.8 Å². The van der Waals surface area contributed by atoms with Gasteiger partial charge in [0.25, 0.3) is 0 Å². The SMILES string of the molecule is COc1ccc(OC)c(NC(=O)C(C)Sc2ccc(C(F)(F)F)cn2)c1. The van der Waals surface area contributed by atoms with Gasteiger partial charge >= 0.3 is 6.18 Å². The molecule has 9 heteroatoms. The molecule has 1 aromatic heterocycles. The Labute approximate surface area is 152 Å². The van der Waals surface area contributed by atoms with Gasteiger partial charge in [-0.15, -0.1) is 0 Å². The van der Waals surface area contributed by atoms with Crippen molar-refractivity contribution in [1.29, 1.82) is 0 Å². The quantitative estimate of drug-likeness (QED) is 0.753. The normalized spacial score (nSPS) is 12.4. The highest BCUT2D eigenvalue weighted by atomic mass is 32.2. The summed E-state index contributed by atoms with van der Waals surface area (Å²) in [6.07, 6.45) is -3.69. The number of nitrogens with zero attached hydrogens (tertiary/aromatic N) is 1. The molecule has 0 saturated heterocycles. The Bertz CT molecular complexity index is 767. The number of nitrogens with one attached hydrogen (secondary N) is 1. The molecular weight excluding hydrogens is 369 g/mol. The third-order valence-electron chi connectivity index (χ3n) is 3.39. The van der Waals surface area contributed by atoms with Gasteiger partial charge in [-0.05, 0) is 31.2 Å². The van der Waals surface area contributed by atoms with E-state index < -0.39 is 17.0 Å². The van der Waals surface area contributed by atoms with Crippen molar-refractivity contribution in [2.24, 2.45) is 0 Å². The van der Waals surface area contributed by atoms with Crippen molar-refractivity contribution in [2.45, 2.75) is 23.4 Å². The third kappa shape index (κ3) is 5.04. The van der Waals surface area contributed by atoms with Gasteiger partial charge < -0.3 is 14.8 Å². The zero-order chi connectivity index (χ0) is 19.3. The third-order valence-corrected chi connectivity index (χ3v) is 4.45. The second-order valence-electron chi connectivity index (χ2n) is 5.20. The number of hydrogen-bond acceptors (Lipinski definition) is 5. The van der Waals surface area contributed by atoms with Crippen LogP contribution in [0.4, 0.5) is 18.9 Å². The molecule has 0 aliphatic carbocycles. The fraction of sp³-hybridized carbons (Fsp3) is 0.294. The van der Waals surface area contributed by atoms with Crippen LogP contribution in [0.3, 0.4) is 0 Å². The van der Waals surface area contributed by atoms with Gasteiger partial charge in [0.2, 0.25) is 5.91 Å². The fourth-order valence-corrected chi connectivity index (χ4v) is 2.79. The van der Waals surface area contributed by atoms with Gasteiger partial charge in [0.05, 0.1) is 35.7 Å². The molecular formula is C17H17F3N2O3S. The summed E-state index contributed by atoms with van der Waals surface area (Å²) in [5.74, 6) is 0.665. The topological polar surface area (TPSA) is 60.5 Å². The zero-order valence-corrected chi connectivity index (χ0v) is 15.1. The second kappa shape index (κ2) is 8.31. The lowest BCUT2D eigenvalue weighted by atomic mass is 10.2. The Morgan fingerprint density at radius 1 is 1.19 bits per heavy atom. The number of ether oxygens (including phenoxy) is 2. The molecule has 0 saturated carbocycles. The van der Waals surface area contributed by atoms with E-state index in [-0.39, 0.29) is 5.91 Å². The van der Waals surface area contributed by atoms with E-state index in [0.29, 0.717) is 22.2 Å². The largest absolute Gasteiger partial charge is 0.497 e. The monoisotopic (exact) mass is 386 g/mol. The summed E-state index contributed by atoms with van der Waals surface area (Å²) in [6.45, 7) is 1.63. The van der Waals surface area contributed by atoms with Crippen LogP contribution in [0.15, 0.2) is 41.6 Å². The summed E-state index contributed by atoms with van der Waals surface area (Å²) in [5, 5.41) is 2.45. The predicted octanol–water partition coefficient (Wildman–Crippen LogP) is 4.24. The van der Waals surface area contributed by atoms with E-state index in [2.05, 4.69) is 10.3 Å². The number of alkyl halides is 3. The molecule has 5 nitrogen and oxygen atoms in total. The van der Waals surface area contributed by atoms with Crippen LogP contribution in [-0.4, -0.2) is 30.4 Å². The van der Waals surface area contributed by atoms with E-state index >= 15 is 0 Å². The number of aromatic nitrogens is 1. The fourth-order valence-electron chi connectivity index (χ4n) is 2.00. The summed E-state index contributed by atoms with van der Waals surface area (Å²) in [7, 11) is 2.98. The van der Waals surface area contributed by atoms with E-state index in [0.717, 1.165) is 24.0 Å². The van der Waals surface area contributed by atoms with Crippen molar-refractivity contribution < 1.29 is 27.4 Å². The lowest BCUT2D eigenvalue weighted by molar-refractivity contribution is -0.137. The van der Waals surface area contributed by atoms with E-state index in [1.54, 1.807) is 25.1 Å². The number of rotatable bonds is 6. The molecule has 0 bridgehead atoms. The molecule has 0 aliphatic rings. The molecule has 0 spiro atoms. The lowest BCUT2D eigenvalue weighted by Crippen LogP contribution is -2.22. The number of methoxy groups -OCH3 is 2. The molecule has 0 fully saturated rings.